The molecule has 4 nitrogen and oxygen atoms in total. The van der Waals surface area contributed by atoms with Crippen LogP contribution in [0.15, 0.2) is 12.2 Å². The predicted molar refractivity (Wildman–Crippen MR) is 290 cm³/mol. The molecule has 0 bridgehead atoms. The molecular weight excluding hydrogens is 795 g/mol. The fraction of sp³-hybridized carbons (Fsp3) is 0.951. The van der Waals surface area contributed by atoms with E-state index in [4.69, 9.17) is 0 Å². The SMILES string of the molecule is CCCCCCCCCCCCCCCCCCCCCCCCC/C=C/C(O)C(CO)NC(=O)CCCCCCCCCCCCCCCCCCCCCCCCCCCCCC. The van der Waals surface area contributed by atoms with Crippen LogP contribution >= 0.6 is 0 Å². The van der Waals surface area contributed by atoms with Crippen molar-refractivity contribution >= 4 is 5.91 Å². The van der Waals surface area contributed by atoms with Crippen molar-refractivity contribution < 1.29 is 15.0 Å². The summed E-state index contributed by atoms with van der Waals surface area (Å²) >= 11 is 0. The first-order chi connectivity index (χ1) is 32.2. The Bertz CT molecular complexity index is 905. The average molecular weight is 917 g/mol. The van der Waals surface area contributed by atoms with Gasteiger partial charge in [-0.25, -0.2) is 0 Å². The van der Waals surface area contributed by atoms with Crippen molar-refractivity contribution in [2.75, 3.05) is 6.61 Å². The Labute approximate surface area is 409 Å². The molecule has 0 spiro atoms. The Kier molecular flexibility index (Phi) is 56.7. The van der Waals surface area contributed by atoms with E-state index in [1.165, 1.54) is 308 Å². The molecule has 1 amide bonds. The zero-order chi connectivity index (χ0) is 47.0. The van der Waals surface area contributed by atoms with Crippen LogP contribution in [0, 0.1) is 0 Å². The first-order valence-electron chi connectivity index (χ1n) is 30.4. The van der Waals surface area contributed by atoms with Crippen LogP contribution in [0.5, 0.6) is 0 Å². The molecule has 0 saturated heterocycles. The normalized spacial score (nSPS) is 12.7. The summed E-state index contributed by atoms with van der Waals surface area (Å²) in [5.74, 6) is -0.0545. The van der Waals surface area contributed by atoms with Gasteiger partial charge in [-0.15, -0.1) is 0 Å². The Hall–Kier alpha value is -0.870. The van der Waals surface area contributed by atoms with Gasteiger partial charge in [-0.1, -0.05) is 341 Å². The summed E-state index contributed by atoms with van der Waals surface area (Å²) in [4.78, 5) is 12.5. The highest BCUT2D eigenvalue weighted by molar-refractivity contribution is 5.76. The van der Waals surface area contributed by atoms with E-state index in [2.05, 4.69) is 19.2 Å². The van der Waals surface area contributed by atoms with Gasteiger partial charge < -0.3 is 15.5 Å². The number of hydrogen-bond donors (Lipinski definition) is 3. The van der Waals surface area contributed by atoms with Crippen LogP contribution in [0.2, 0.25) is 0 Å². The number of aliphatic hydroxyl groups is 2. The molecule has 0 radical (unpaired) electrons. The van der Waals surface area contributed by atoms with Crippen LogP contribution < -0.4 is 5.32 Å². The third-order valence-corrected chi connectivity index (χ3v) is 14.5. The third-order valence-electron chi connectivity index (χ3n) is 14.5. The van der Waals surface area contributed by atoms with Crippen molar-refractivity contribution in [2.45, 2.75) is 366 Å². The Morgan fingerprint density at radius 1 is 0.354 bits per heavy atom. The number of carbonyl (C=O) groups is 1. The van der Waals surface area contributed by atoms with Crippen molar-refractivity contribution in [1.29, 1.82) is 0 Å². The predicted octanol–water partition coefficient (Wildman–Crippen LogP) is 20.1. The van der Waals surface area contributed by atoms with Crippen LogP contribution in [-0.4, -0.2) is 34.9 Å². The largest absolute Gasteiger partial charge is 0.394 e. The van der Waals surface area contributed by atoms with Gasteiger partial charge in [0.25, 0.3) is 0 Å². The number of hydrogen-bond acceptors (Lipinski definition) is 3. The standard InChI is InChI=1S/C61H121NO3/c1-3-5-7-9-11-13-15-17-19-21-23-25-27-29-30-31-33-35-37-39-41-43-45-47-49-51-53-55-57-61(65)62-59(58-63)60(64)56-54-52-50-48-46-44-42-40-38-36-34-32-28-26-24-22-20-18-16-14-12-10-8-6-4-2/h54,56,59-60,63-64H,3-53,55,57-58H2,1-2H3,(H,62,65)/b56-54+. The quantitative estimate of drug-likeness (QED) is 0.0421. The van der Waals surface area contributed by atoms with Gasteiger partial charge >= 0.3 is 0 Å². The molecule has 4 heteroatoms. The molecule has 2 unspecified atom stereocenters. The second kappa shape index (κ2) is 57.4. The molecule has 65 heavy (non-hydrogen) atoms. The summed E-state index contributed by atoms with van der Waals surface area (Å²) in [6.07, 6.45) is 75.4. The van der Waals surface area contributed by atoms with E-state index in [1.54, 1.807) is 6.08 Å². The highest BCUT2D eigenvalue weighted by Gasteiger charge is 2.18. The maximum Gasteiger partial charge on any atom is 0.220 e. The number of aliphatic hydroxyl groups excluding tert-OH is 2. The topological polar surface area (TPSA) is 69.6 Å². The van der Waals surface area contributed by atoms with Gasteiger partial charge in [0.2, 0.25) is 5.91 Å². The number of rotatable bonds is 57. The summed E-state index contributed by atoms with van der Waals surface area (Å²) in [6, 6.07) is -0.619. The smallest absolute Gasteiger partial charge is 0.220 e. The summed E-state index contributed by atoms with van der Waals surface area (Å²) < 4.78 is 0. The first kappa shape index (κ1) is 64.1. The van der Waals surface area contributed by atoms with E-state index in [-0.39, 0.29) is 12.5 Å². The summed E-state index contributed by atoms with van der Waals surface area (Å²) in [6.45, 7) is 4.36. The molecule has 2 atom stereocenters. The number of unbranched alkanes of at least 4 members (excludes halogenated alkanes) is 50. The second-order valence-corrected chi connectivity index (χ2v) is 21.1. The summed E-state index contributed by atoms with van der Waals surface area (Å²) in [5, 5.41) is 23.2. The van der Waals surface area contributed by atoms with Gasteiger partial charge in [0.05, 0.1) is 18.8 Å². The molecule has 0 aromatic heterocycles. The molecule has 0 aliphatic carbocycles. The maximum absolute atomic E-state index is 12.5. The molecule has 0 rings (SSSR count). The molecule has 0 heterocycles. The molecular formula is C61H121NO3. The monoisotopic (exact) mass is 916 g/mol. The molecule has 3 N–H and O–H groups in total. The van der Waals surface area contributed by atoms with Gasteiger partial charge in [0.1, 0.15) is 0 Å². The zero-order valence-corrected chi connectivity index (χ0v) is 44.8. The van der Waals surface area contributed by atoms with Crippen LogP contribution in [0.1, 0.15) is 354 Å². The minimum atomic E-state index is -0.836. The van der Waals surface area contributed by atoms with E-state index in [9.17, 15) is 15.0 Å². The van der Waals surface area contributed by atoms with Crippen molar-refractivity contribution in [3.8, 4) is 0 Å². The Morgan fingerprint density at radius 2 is 0.569 bits per heavy atom. The lowest BCUT2D eigenvalue weighted by molar-refractivity contribution is -0.123. The van der Waals surface area contributed by atoms with Crippen LogP contribution in [0.4, 0.5) is 0 Å². The minimum Gasteiger partial charge on any atom is -0.394 e. The van der Waals surface area contributed by atoms with Gasteiger partial charge in [-0.3, -0.25) is 4.79 Å². The highest BCUT2D eigenvalue weighted by Crippen LogP contribution is 2.19. The first-order valence-corrected chi connectivity index (χ1v) is 30.4. The lowest BCUT2D eigenvalue weighted by Crippen LogP contribution is -2.45. The average Bonchev–Trinajstić information content (AvgIpc) is 3.31. The van der Waals surface area contributed by atoms with E-state index >= 15 is 0 Å². The molecule has 0 aliphatic heterocycles. The fourth-order valence-electron chi connectivity index (χ4n) is 9.89. The van der Waals surface area contributed by atoms with Gasteiger partial charge in [0.15, 0.2) is 0 Å². The minimum absolute atomic E-state index is 0.0545. The van der Waals surface area contributed by atoms with Crippen molar-refractivity contribution in [1.82, 2.24) is 5.32 Å². The van der Waals surface area contributed by atoms with Crippen molar-refractivity contribution in [2.24, 2.45) is 0 Å². The maximum atomic E-state index is 12.5. The van der Waals surface area contributed by atoms with E-state index < -0.39 is 12.1 Å². The van der Waals surface area contributed by atoms with Crippen LogP contribution in [0.3, 0.4) is 0 Å². The van der Waals surface area contributed by atoms with E-state index in [0.717, 1.165) is 25.7 Å². The number of nitrogens with one attached hydrogen (secondary N) is 1. The summed E-state index contributed by atoms with van der Waals surface area (Å²) in [5.41, 5.74) is 0. The van der Waals surface area contributed by atoms with Gasteiger partial charge in [0, 0.05) is 6.42 Å². The molecule has 0 fully saturated rings. The lowest BCUT2D eigenvalue weighted by Gasteiger charge is -2.20. The second-order valence-electron chi connectivity index (χ2n) is 21.1. The van der Waals surface area contributed by atoms with Crippen molar-refractivity contribution in [3.05, 3.63) is 12.2 Å². The van der Waals surface area contributed by atoms with E-state index in [0.29, 0.717) is 6.42 Å². The zero-order valence-electron chi connectivity index (χ0n) is 44.8. The van der Waals surface area contributed by atoms with E-state index in [1.807, 2.05) is 6.08 Å². The van der Waals surface area contributed by atoms with Crippen LogP contribution in [0.25, 0.3) is 0 Å². The summed E-state index contributed by atoms with van der Waals surface area (Å²) in [7, 11) is 0. The molecule has 0 saturated carbocycles. The number of carbonyl (C=O) groups excluding carboxylic acids is 1. The highest BCUT2D eigenvalue weighted by atomic mass is 16.3. The lowest BCUT2D eigenvalue weighted by atomic mass is 10.0. The van der Waals surface area contributed by atoms with Gasteiger partial charge in [-0.2, -0.15) is 0 Å². The van der Waals surface area contributed by atoms with Crippen molar-refractivity contribution in [3.63, 3.8) is 0 Å². The number of amides is 1. The molecule has 0 aromatic carbocycles. The van der Waals surface area contributed by atoms with Gasteiger partial charge in [-0.05, 0) is 19.3 Å². The molecule has 0 aromatic rings. The Morgan fingerprint density at radius 3 is 0.800 bits per heavy atom. The molecule has 388 valence electrons. The molecule has 0 aliphatic rings. The fourth-order valence-corrected chi connectivity index (χ4v) is 9.89. The number of allylic oxidation sites excluding steroid dienone is 1. The Balaban J connectivity index is 3.43. The van der Waals surface area contributed by atoms with Crippen LogP contribution in [-0.2, 0) is 4.79 Å². The third kappa shape index (κ3) is 53.9.